The lowest BCUT2D eigenvalue weighted by Gasteiger charge is -2.24. The van der Waals surface area contributed by atoms with Gasteiger partial charge in [-0.2, -0.15) is 0 Å². The van der Waals surface area contributed by atoms with Gasteiger partial charge < -0.3 is 14.2 Å². The minimum absolute atomic E-state index is 0.214. The quantitative estimate of drug-likeness (QED) is 0.305. The number of ether oxygens (including phenoxy) is 3. The van der Waals surface area contributed by atoms with E-state index in [4.69, 9.17) is 25.8 Å². The van der Waals surface area contributed by atoms with Gasteiger partial charge >= 0.3 is 5.97 Å². The second-order valence-electron chi connectivity index (χ2n) is 7.59. The van der Waals surface area contributed by atoms with Gasteiger partial charge in [0.1, 0.15) is 0 Å². The van der Waals surface area contributed by atoms with Crippen LogP contribution in [0.25, 0.3) is 6.08 Å². The molecule has 35 heavy (non-hydrogen) atoms. The predicted molar refractivity (Wildman–Crippen MR) is 144 cm³/mol. The van der Waals surface area contributed by atoms with Crippen LogP contribution in [0.1, 0.15) is 31.0 Å². The first-order chi connectivity index (χ1) is 16.8. The molecule has 0 spiro atoms. The second-order valence-corrected chi connectivity index (χ2v) is 10.2. The van der Waals surface area contributed by atoms with E-state index in [2.05, 4.69) is 27.6 Å². The third-order valence-corrected chi connectivity index (χ3v) is 7.49. The van der Waals surface area contributed by atoms with E-state index in [1.54, 1.807) is 63.0 Å². The van der Waals surface area contributed by atoms with Crippen molar-refractivity contribution in [2.75, 3.05) is 20.8 Å². The zero-order chi connectivity index (χ0) is 25.3. The van der Waals surface area contributed by atoms with Gasteiger partial charge in [0, 0.05) is 5.02 Å². The molecule has 0 amide bonds. The van der Waals surface area contributed by atoms with Crippen molar-refractivity contribution < 1.29 is 19.0 Å². The summed E-state index contributed by atoms with van der Waals surface area (Å²) in [6, 6.07) is 10.1. The smallest absolute Gasteiger partial charge is 0.338 e. The number of thiazole rings is 1. The summed E-state index contributed by atoms with van der Waals surface area (Å²) in [5.41, 5.74) is 2.10. The van der Waals surface area contributed by atoms with Crippen molar-refractivity contribution in [3.05, 3.63) is 87.1 Å². The molecule has 0 aliphatic carbocycles. The van der Waals surface area contributed by atoms with E-state index in [9.17, 15) is 9.59 Å². The van der Waals surface area contributed by atoms with Gasteiger partial charge in [-0.1, -0.05) is 35.1 Å². The number of aromatic nitrogens is 1. The fraction of sp³-hybridized carbons (Fsp3) is 0.240. The van der Waals surface area contributed by atoms with Gasteiger partial charge in [0.25, 0.3) is 5.56 Å². The molecule has 0 saturated carbocycles. The number of hydrogen-bond acceptors (Lipinski definition) is 7. The van der Waals surface area contributed by atoms with Gasteiger partial charge in [0.15, 0.2) is 16.3 Å². The molecule has 2 heterocycles. The predicted octanol–water partition coefficient (Wildman–Crippen LogP) is 4.07. The molecule has 1 aliphatic rings. The van der Waals surface area contributed by atoms with Crippen molar-refractivity contribution in [1.29, 1.82) is 0 Å². The van der Waals surface area contributed by atoms with Crippen LogP contribution in [0, 0.1) is 3.57 Å². The molecule has 7 nitrogen and oxygen atoms in total. The number of fused-ring (bicyclic) bond motifs is 1. The first-order valence-electron chi connectivity index (χ1n) is 10.7. The molecule has 4 rings (SSSR count). The molecule has 0 radical (unpaired) electrons. The Labute approximate surface area is 224 Å². The zero-order valence-corrected chi connectivity index (χ0v) is 23.2. The van der Waals surface area contributed by atoms with Crippen molar-refractivity contribution in [3.63, 3.8) is 0 Å². The maximum Gasteiger partial charge on any atom is 0.338 e. The van der Waals surface area contributed by atoms with Gasteiger partial charge in [-0.05, 0) is 77.9 Å². The van der Waals surface area contributed by atoms with Gasteiger partial charge in [-0.3, -0.25) is 9.36 Å². The topological polar surface area (TPSA) is 79.1 Å². The Morgan fingerprint density at radius 3 is 2.57 bits per heavy atom. The lowest BCUT2D eigenvalue weighted by molar-refractivity contribution is -0.139. The molecule has 1 aromatic heterocycles. The first-order valence-corrected chi connectivity index (χ1v) is 12.9. The Morgan fingerprint density at radius 1 is 1.23 bits per heavy atom. The van der Waals surface area contributed by atoms with Crippen LogP contribution in [0.5, 0.6) is 11.5 Å². The van der Waals surface area contributed by atoms with Crippen LogP contribution in [0.2, 0.25) is 5.02 Å². The average molecular weight is 625 g/mol. The molecule has 0 saturated heterocycles. The summed E-state index contributed by atoms with van der Waals surface area (Å²) in [6.45, 7) is 3.71. The summed E-state index contributed by atoms with van der Waals surface area (Å²) >= 11 is 9.52. The SMILES string of the molecule is CCOC(=O)C1=C(C)N=c2s/c(=C/c3cc(I)c(OC)c(OC)c3)c(=O)n2[C@@H]1c1ccc(Cl)cc1. The van der Waals surface area contributed by atoms with Crippen LogP contribution in [0.4, 0.5) is 0 Å². The van der Waals surface area contributed by atoms with Crippen LogP contribution >= 0.6 is 45.5 Å². The summed E-state index contributed by atoms with van der Waals surface area (Å²) < 4.78 is 19.1. The lowest BCUT2D eigenvalue weighted by atomic mass is 9.96. The normalized spacial score (nSPS) is 15.5. The van der Waals surface area contributed by atoms with E-state index in [0.717, 1.165) is 14.7 Å². The number of methoxy groups -OCH3 is 2. The van der Waals surface area contributed by atoms with Crippen LogP contribution in [-0.4, -0.2) is 31.4 Å². The number of allylic oxidation sites excluding steroid dienone is 1. The summed E-state index contributed by atoms with van der Waals surface area (Å²) in [4.78, 5) is 31.7. The van der Waals surface area contributed by atoms with Gasteiger partial charge in [-0.25, -0.2) is 9.79 Å². The Hall–Kier alpha value is -2.63. The highest BCUT2D eigenvalue weighted by molar-refractivity contribution is 14.1. The molecule has 0 bridgehead atoms. The molecule has 1 atom stereocenters. The van der Waals surface area contributed by atoms with Crippen molar-refractivity contribution in [1.82, 2.24) is 4.57 Å². The minimum Gasteiger partial charge on any atom is -0.493 e. The van der Waals surface area contributed by atoms with Crippen molar-refractivity contribution >= 4 is 57.6 Å². The van der Waals surface area contributed by atoms with Crippen LogP contribution in [0.15, 0.2) is 57.5 Å². The van der Waals surface area contributed by atoms with E-state index in [-0.39, 0.29) is 12.2 Å². The maximum atomic E-state index is 13.7. The number of benzene rings is 2. The molecule has 182 valence electrons. The van der Waals surface area contributed by atoms with Gasteiger partial charge in [0.2, 0.25) is 0 Å². The molecule has 2 aromatic carbocycles. The highest BCUT2D eigenvalue weighted by Crippen LogP contribution is 2.34. The second kappa shape index (κ2) is 10.5. The molecule has 1 aliphatic heterocycles. The van der Waals surface area contributed by atoms with Crippen LogP contribution < -0.4 is 24.4 Å². The summed E-state index contributed by atoms with van der Waals surface area (Å²) in [5, 5.41) is 0.558. The van der Waals surface area contributed by atoms with E-state index in [0.29, 0.717) is 37.1 Å². The zero-order valence-electron chi connectivity index (χ0n) is 19.4. The number of hydrogen-bond donors (Lipinski definition) is 0. The highest BCUT2D eigenvalue weighted by Gasteiger charge is 2.33. The number of esters is 1. The third kappa shape index (κ3) is 4.89. The fourth-order valence-electron chi connectivity index (χ4n) is 3.92. The molecule has 10 heteroatoms. The van der Waals surface area contributed by atoms with Gasteiger partial charge in [-0.15, -0.1) is 0 Å². The Bertz CT molecular complexity index is 1510. The number of nitrogens with zero attached hydrogens (tertiary/aromatic N) is 2. The van der Waals surface area contributed by atoms with Crippen LogP contribution in [0.3, 0.4) is 0 Å². The van der Waals surface area contributed by atoms with E-state index in [1.807, 2.05) is 12.1 Å². The first kappa shape index (κ1) is 25.5. The Balaban J connectivity index is 1.94. The summed E-state index contributed by atoms with van der Waals surface area (Å²) in [7, 11) is 3.15. The third-order valence-electron chi connectivity index (χ3n) is 5.46. The molecule has 0 N–H and O–H groups in total. The average Bonchev–Trinajstić information content (AvgIpc) is 3.12. The monoisotopic (exact) mass is 624 g/mol. The van der Waals surface area contributed by atoms with Crippen molar-refractivity contribution in [2.45, 2.75) is 19.9 Å². The minimum atomic E-state index is -0.685. The number of rotatable bonds is 6. The van der Waals surface area contributed by atoms with Crippen molar-refractivity contribution in [3.8, 4) is 11.5 Å². The van der Waals surface area contributed by atoms with Gasteiger partial charge in [0.05, 0.1) is 46.2 Å². The largest absolute Gasteiger partial charge is 0.493 e. The molecule has 0 fully saturated rings. The van der Waals surface area contributed by atoms with E-state index >= 15 is 0 Å². The molecular formula is C25H22ClIN2O5S. The number of carbonyl (C=O) groups excluding carboxylic acids is 1. The number of carbonyl (C=O) groups is 1. The maximum absolute atomic E-state index is 13.7. The fourth-order valence-corrected chi connectivity index (χ4v) is 5.94. The molecular weight excluding hydrogens is 603 g/mol. The van der Waals surface area contributed by atoms with Crippen LogP contribution in [-0.2, 0) is 9.53 Å². The molecule has 3 aromatic rings. The van der Waals surface area contributed by atoms with Crippen molar-refractivity contribution in [2.24, 2.45) is 4.99 Å². The standard InChI is InChI=1S/C25H22ClIN2O5S/c1-5-34-24(31)20-13(2)28-25-29(21(20)15-6-8-16(26)9-7-15)23(30)19(35-25)12-14-10-17(27)22(33-4)18(11-14)32-3/h6-12,21H,5H2,1-4H3/b19-12+/t21-/m1/s1. The molecule has 0 unspecified atom stereocenters. The van der Waals surface area contributed by atoms with E-state index in [1.165, 1.54) is 11.3 Å². The highest BCUT2D eigenvalue weighted by atomic mass is 127. The number of halogens is 2. The lowest BCUT2D eigenvalue weighted by Crippen LogP contribution is -2.39. The Kier molecular flexibility index (Phi) is 7.67. The summed E-state index contributed by atoms with van der Waals surface area (Å²) in [5.74, 6) is 0.694. The van der Waals surface area contributed by atoms with E-state index < -0.39 is 12.0 Å². The Morgan fingerprint density at radius 2 is 1.94 bits per heavy atom. The summed E-state index contributed by atoms with van der Waals surface area (Å²) in [6.07, 6.45) is 1.79.